The van der Waals surface area contributed by atoms with Gasteiger partial charge >= 0.3 is 0 Å². The number of methoxy groups -OCH3 is 2. The highest BCUT2D eigenvalue weighted by atomic mass is 16.5. The summed E-state index contributed by atoms with van der Waals surface area (Å²) in [5.41, 5.74) is 5.23. The van der Waals surface area contributed by atoms with Gasteiger partial charge in [0.1, 0.15) is 11.5 Å². The predicted molar refractivity (Wildman–Crippen MR) is 142 cm³/mol. The van der Waals surface area contributed by atoms with E-state index in [9.17, 15) is 0 Å². The molecule has 4 heteroatoms. The lowest BCUT2D eigenvalue weighted by Crippen LogP contribution is -2.64. The molecule has 2 bridgehead atoms. The molecule has 0 amide bonds. The molecule has 3 aromatic carbocycles. The molecule has 0 saturated carbocycles. The van der Waals surface area contributed by atoms with E-state index < -0.39 is 0 Å². The van der Waals surface area contributed by atoms with Crippen molar-refractivity contribution in [2.45, 2.75) is 50.7 Å². The molecular formula is C31H38N2O2. The van der Waals surface area contributed by atoms with E-state index in [-0.39, 0.29) is 0 Å². The number of nitrogens with zero attached hydrogens (tertiary/aromatic N) is 1. The first-order valence-corrected chi connectivity index (χ1v) is 13.0. The SMILES string of the molecule is CCc1cc(CNC2C3CCN(CC3)C2C(c2ccccc2)c2ccccc2)c(OC)cc1OC. The van der Waals surface area contributed by atoms with Crippen LogP contribution in [-0.4, -0.2) is 44.3 Å². The highest BCUT2D eigenvalue weighted by molar-refractivity contribution is 5.47. The van der Waals surface area contributed by atoms with Crippen molar-refractivity contribution in [2.24, 2.45) is 5.92 Å². The maximum atomic E-state index is 5.77. The number of fused-ring (bicyclic) bond motifs is 3. The zero-order valence-electron chi connectivity index (χ0n) is 21.2. The summed E-state index contributed by atoms with van der Waals surface area (Å²) in [7, 11) is 3.48. The Morgan fingerprint density at radius 1 is 0.829 bits per heavy atom. The summed E-state index contributed by atoms with van der Waals surface area (Å²) in [6.07, 6.45) is 3.47. The maximum Gasteiger partial charge on any atom is 0.127 e. The average molecular weight is 471 g/mol. The van der Waals surface area contributed by atoms with Gasteiger partial charge in [-0.2, -0.15) is 0 Å². The van der Waals surface area contributed by atoms with Crippen LogP contribution >= 0.6 is 0 Å². The van der Waals surface area contributed by atoms with Crippen molar-refractivity contribution in [1.82, 2.24) is 10.2 Å². The van der Waals surface area contributed by atoms with Crippen molar-refractivity contribution in [1.29, 1.82) is 0 Å². The standard InChI is InChI=1S/C31H38N2O2/c1-4-22-19-26(28(35-3)20-27(22)34-2)21-32-30-25-15-17-33(18-16-25)31(30)29(23-11-7-5-8-12-23)24-13-9-6-10-14-24/h5-14,19-20,25,29-32H,4,15-18,21H2,1-3H3. The second-order valence-electron chi connectivity index (χ2n) is 9.90. The lowest BCUT2D eigenvalue weighted by Gasteiger charge is -2.54. The van der Waals surface area contributed by atoms with Gasteiger partial charge in [-0.05, 0) is 61.0 Å². The molecule has 184 valence electrons. The van der Waals surface area contributed by atoms with E-state index in [1.165, 1.54) is 48.2 Å². The molecule has 2 atom stereocenters. The van der Waals surface area contributed by atoms with Gasteiger partial charge in [0.25, 0.3) is 0 Å². The van der Waals surface area contributed by atoms with Crippen LogP contribution in [0.2, 0.25) is 0 Å². The molecule has 3 fully saturated rings. The molecule has 6 rings (SSSR count). The Bertz CT molecular complexity index is 1050. The van der Waals surface area contributed by atoms with E-state index >= 15 is 0 Å². The molecule has 3 aromatic rings. The molecule has 3 heterocycles. The van der Waals surface area contributed by atoms with Crippen molar-refractivity contribution in [3.05, 3.63) is 95.1 Å². The minimum atomic E-state index is 0.335. The molecule has 0 spiro atoms. The second kappa shape index (κ2) is 10.8. The summed E-state index contributed by atoms with van der Waals surface area (Å²) >= 11 is 0. The van der Waals surface area contributed by atoms with E-state index in [2.05, 4.69) is 83.9 Å². The lowest BCUT2D eigenvalue weighted by atomic mass is 9.70. The van der Waals surface area contributed by atoms with Crippen LogP contribution in [0.5, 0.6) is 11.5 Å². The topological polar surface area (TPSA) is 33.7 Å². The summed E-state index contributed by atoms with van der Waals surface area (Å²) in [5.74, 6) is 2.82. The zero-order chi connectivity index (χ0) is 24.2. The zero-order valence-corrected chi connectivity index (χ0v) is 21.2. The Hall–Kier alpha value is -2.82. The third kappa shape index (κ3) is 4.82. The van der Waals surface area contributed by atoms with Gasteiger partial charge in [-0.15, -0.1) is 0 Å². The van der Waals surface area contributed by atoms with Crippen molar-refractivity contribution in [3.63, 3.8) is 0 Å². The average Bonchev–Trinajstić information content (AvgIpc) is 2.93. The quantitative estimate of drug-likeness (QED) is 0.438. The first-order chi connectivity index (χ1) is 17.2. The van der Waals surface area contributed by atoms with Gasteiger partial charge in [0.15, 0.2) is 0 Å². The first-order valence-electron chi connectivity index (χ1n) is 13.0. The Labute approximate surface area is 210 Å². The molecule has 0 radical (unpaired) electrons. The molecule has 1 N–H and O–H groups in total. The molecule has 3 saturated heterocycles. The van der Waals surface area contributed by atoms with E-state index in [0.717, 1.165) is 24.5 Å². The fourth-order valence-corrected chi connectivity index (χ4v) is 6.38. The van der Waals surface area contributed by atoms with E-state index in [4.69, 9.17) is 9.47 Å². The Morgan fingerprint density at radius 2 is 1.40 bits per heavy atom. The number of benzene rings is 3. The first kappa shape index (κ1) is 23.9. The van der Waals surface area contributed by atoms with Crippen LogP contribution in [0.4, 0.5) is 0 Å². The van der Waals surface area contributed by atoms with Crippen LogP contribution in [0.3, 0.4) is 0 Å². The molecule has 2 unspecified atom stereocenters. The van der Waals surface area contributed by atoms with Crippen molar-refractivity contribution in [2.75, 3.05) is 27.3 Å². The van der Waals surface area contributed by atoms with E-state index in [0.29, 0.717) is 23.9 Å². The summed E-state index contributed by atoms with van der Waals surface area (Å²) in [4.78, 5) is 2.74. The van der Waals surface area contributed by atoms with E-state index in [1.54, 1.807) is 14.2 Å². The molecule has 0 aromatic heterocycles. The number of rotatable bonds is 9. The Morgan fingerprint density at radius 3 is 1.94 bits per heavy atom. The van der Waals surface area contributed by atoms with Crippen molar-refractivity contribution >= 4 is 0 Å². The number of ether oxygens (including phenoxy) is 2. The van der Waals surface area contributed by atoms with Gasteiger partial charge in [-0.3, -0.25) is 4.90 Å². The lowest BCUT2D eigenvalue weighted by molar-refractivity contribution is 0.00462. The molecule has 4 nitrogen and oxygen atoms in total. The van der Waals surface area contributed by atoms with Crippen LogP contribution in [0.1, 0.15) is 47.9 Å². The highest BCUT2D eigenvalue weighted by Crippen LogP contribution is 2.42. The molecule has 0 aliphatic carbocycles. The van der Waals surface area contributed by atoms with Crippen molar-refractivity contribution in [3.8, 4) is 11.5 Å². The fourth-order valence-electron chi connectivity index (χ4n) is 6.38. The molecule has 35 heavy (non-hydrogen) atoms. The number of hydrogen-bond donors (Lipinski definition) is 1. The van der Waals surface area contributed by atoms with Crippen LogP contribution in [0.25, 0.3) is 0 Å². The third-order valence-corrected chi connectivity index (χ3v) is 8.12. The van der Waals surface area contributed by atoms with Gasteiger partial charge in [0, 0.05) is 36.2 Å². The molecule has 3 aliphatic heterocycles. The summed E-state index contributed by atoms with van der Waals surface area (Å²) in [5, 5.41) is 4.04. The van der Waals surface area contributed by atoms with Crippen LogP contribution in [0.15, 0.2) is 72.8 Å². The van der Waals surface area contributed by atoms with Gasteiger partial charge in [-0.1, -0.05) is 67.6 Å². The number of aryl methyl sites for hydroxylation is 1. The van der Waals surface area contributed by atoms with Crippen molar-refractivity contribution < 1.29 is 9.47 Å². The van der Waals surface area contributed by atoms with Crippen LogP contribution in [-0.2, 0) is 13.0 Å². The molecular weight excluding hydrogens is 432 g/mol. The van der Waals surface area contributed by atoms with Crippen LogP contribution < -0.4 is 14.8 Å². The minimum Gasteiger partial charge on any atom is -0.496 e. The molecule has 3 aliphatic rings. The van der Waals surface area contributed by atoms with E-state index in [1.807, 2.05) is 6.07 Å². The number of piperidine rings is 3. The maximum absolute atomic E-state index is 5.77. The highest BCUT2D eigenvalue weighted by Gasteiger charge is 2.46. The monoisotopic (exact) mass is 470 g/mol. The predicted octanol–water partition coefficient (Wildman–Crippen LogP) is 5.65. The number of hydrogen-bond acceptors (Lipinski definition) is 4. The smallest absolute Gasteiger partial charge is 0.127 e. The minimum absolute atomic E-state index is 0.335. The Balaban J connectivity index is 1.48. The van der Waals surface area contributed by atoms with Gasteiger partial charge in [0.2, 0.25) is 0 Å². The number of nitrogens with one attached hydrogen (secondary N) is 1. The normalized spacial score (nSPS) is 23.4. The second-order valence-corrected chi connectivity index (χ2v) is 9.90. The summed E-state index contributed by atoms with van der Waals surface area (Å²) in [6.45, 7) is 5.35. The summed E-state index contributed by atoms with van der Waals surface area (Å²) in [6, 6.07) is 27.3. The Kier molecular flexibility index (Phi) is 7.40. The summed E-state index contributed by atoms with van der Waals surface area (Å²) < 4.78 is 11.4. The third-order valence-electron chi connectivity index (χ3n) is 8.12. The fraction of sp³-hybridized carbons (Fsp3) is 0.419. The van der Waals surface area contributed by atoms with Gasteiger partial charge < -0.3 is 14.8 Å². The van der Waals surface area contributed by atoms with Gasteiger partial charge in [0.05, 0.1) is 14.2 Å². The van der Waals surface area contributed by atoms with Gasteiger partial charge in [-0.25, -0.2) is 0 Å². The largest absolute Gasteiger partial charge is 0.496 e. The van der Waals surface area contributed by atoms with Crippen LogP contribution in [0, 0.1) is 5.92 Å².